The fourth-order valence-corrected chi connectivity index (χ4v) is 1.86. The summed E-state index contributed by atoms with van der Waals surface area (Å²) in [6.45, 7) is 2.18. The second-order valence-corrected chi connectivity index (χ2v) is 3.96. The molecule has 0 fully saturated rings. The summed E-state index contributed by atoms with van der Waals surface area (Å²) in [5.41, 5.74) is 2.27. The van der Waals surface area contributed by atoms with Crippen molar-refractivity contribution in [1.82, 2.24) is 10.3 Å². The molecule has 2 rings (SSSR count). The number of nitrogens with one attached hydrogen (secondary N) is 2. The fourth-order valence-electron chi connectivity index (χ4n) is 1.86. The van der Waals surface area contributed by atoms with Crippen molar-refractivity contribution in [3.63, 3.8) is 0 Å². The second-order valence-electron chi connectivity index (χ2n) is 3.96. The summed E-state index contributed by atoms with van der Waals surface area (Å²) < 4.78 is 5.21. The third kappa shape index (κ3) is 4.90. The third-order valence-electron chi connectivity index (χ3n) is 2.74. The summed E-state index contributed by atoms with van der Waals surface area (Å²) in [7, 11) is 1.66. The van der Waals surface area contributed by atoms with Gasteiger partial charge in [0, 0.05) is 30.6 Å². The minimum atomic E-state index is 0. The van der Waals surface area contributed by atoms with Crippen LogP contribution in [0.25, 0.3) is 10.9 Å². The molecule has 19 heavy (non-hydrogen) atoms. The van der Waals surface area contributed by atoms with Crippen molar-refractivity contribution >= 4 is 16.8 Å². The van der Waals surface area contributed by atoms with Crippen LogP contribution in [-0.2, 0) is 11.2 Å². The summed E-state index contributed by atoms with van der Waals surface area (Å²) in [4.78, 5) is 14.0. The number of aromatic amines is 1. The minimum Gasteiger partial charge on any atom is -0.870 e. The van der Waals surface area contributed by atoms with E-state index in [-0.39, 0.29) is 62.8 Å². The molecule has 98 valence electrons. The molecule has 6 heteroatoms. The molecule has 0 aliphatic rings. The van der Waals surface area contributed by atoms with E-state index in [0.29, 0.717) is 6.54 Å². The van der Waals surface area contributed by atoms with Gasteiger partial charge in [-0.05, 0) is 30.2 Å². The van der Waals surface area contributed by atoms with Crippen molar-refractivity contribution in [2.45, 2.75) is 13.3 Å². The molecule has 0 aliphatic carbocycles. The van der Waals surface area contributed by atoms with E-state index < -0.39 is 0 Å². The Hall–Kier alpha value is -0.374. The van der Waals surface area contributed by atoms with Gasteiger partial charge >= 0.3 is 51.4 Å². The van der Waals surface area contributed by atoms with E-state index in [0.717, 1.165) is 23.1 Å². The molecule has 0 atom stereocenters. The molecule has 0 unspecified atom stereocenters. The number of amides is 1. The Bertz CT molecular complexity index is 540. The van der Waals surface area contributed by atoms with Crippen LogP contribution in [0, 0.1) is 0 Å². The van der Waals surface area contributed by atoms with Gasteiger partial charge in [-0.1, -0.05) is 0 Å². The molecule has 3 N–H and O–H groups in total. The summed E-state index contributed by atoms with van der Waals surface area (Å²) in [5.74, 6) is 0.847. The first kappa shape index (κ1) is 18.6. The molecular formula is C13H17KN2O3. The average molecular weight is 288 g/mol. The molecule has 1 heterocycles. The SMILES string of the molecule is COc1ccc2[nH]cc(CCNC(C)=O)c2c1.[K+].[OH-]. The van der Waals surface area contributed by atoms with Gasteiger partial charge in [0.2, 0.25) is 5.91 Å². The minimum absolute atomic E-state index is 0. The smallest absolute Gasteiger partial charge is 0.870 e. The van der Waals surface area contributed by atoms with Crippen molar-refractivity contribution in [2.75, 3.05) is 13.7 Å². The standard InChI is InChI=1S/C13H16N2O2.K.H2O/c1-9(16)14-6-5-10-8-15-13-4-3-11(17-2)7-12(10)13;;/h3-4,7-8,15H,5-6H2,1-2H3,(H,14,16);;1H2/q;+1;/p-1. The van der Waals surface area contributed by atoms with E-state index in [4.69, 9.17) is 4.74 Å². The molecular weight excluding hydrogens is 271 g/mol. The predicted octanol–water partition coefficient (Wildman–Crippen LogP) is -1.32. The first-order valence-corrected chi connectivity index (χ1v) is 5.59. The Labute approximate surface area is 154 Å². The van der Waals surface area contributed by atoms with Crippen molar-refractivity contribution in [3.05, 3.63) is 30.0 Å². The second kappa shape index (κ2) is 8.73. The van der Waals surface area contributed by atoms with Crippen LogP contribution in [0.4, 0.5) is 0 Å². The van der Waals surface area contributed by atoms with E-state index >= 15 is 0 Å². The topological polar surface area (TPSA) is 84.1 Å². The predicted molar refractivity (Wildman–Crippen MR) is 69.2 cm³/mol. The Morgan fingerprint density at radius 2 is 2.16 bits per heavy atom. The Kier molecular flexibility index (Phi) is 8.56. The first-order chi connectivity index (χ1) is 8.20. The van der Waals surface area contributed by atoms with Crippen molar-refractivity contribution in [1.29, 1.82) is 0 Å². The molecule has 0 saturated carbocycles. The number of methoxy groups -OCH3 is 1. The van der Waals surface area contributed by atoms with E-state index in [1.54, 1.807) is 7.11 Å². The van der Waals surface area contributed by atoms with Crippen LogP contribution in [-0.4, -0.2) is 30.0 Å². The number of fused-ring (bicyclic) bond motifs is 1. The molecule has 0 radical (unpaired) electrons. The molecule has 0 saturated heterocycles. The maximum absolute atomic E-state index is 10.8. The zero-order valence-corrected chi connectivity index (χ0v) is 14.6. The summed E-state index contributed by atoms with van der Waals surface area (Å²) >= 11 is 0. The largest absolute Gasteiger partial charge is 1.00 e. The van der Waals surface area contributed by atoms with Crippen LogP contribution < -0.4 is 61.4 Å². The van der Waals surface area contributed by atoms with Crippen molar-refractivity contribution < 1.29 is 66.4 Å². The number of hydrogen-bond donors (Lipinski definition) is 2. The van der Waals surface area contributed by atoms with Gasteiger partial charge in [-0.3, -0.25) is 4.79 Å². The molecule has 1 amide bonds. The summed E-state index contributed by atoms with van der Waals surface area (Å²) in [6.07, 6.45) is 2.79. The molecule has 0 spiro atoms. The average Bonchev–Trinajstić information content (AvgIpc) is 2.71. The summed E-state index contributed by atoms with van der Waals surface area (Å²) in [6, 6.07) is 5.93. The quantitative estimate of drug-likeness (QED) is 0.685. The molecule has 2 aromatic rings. The Balaban J connectivity index is 0.00000162. The van der Waals surface area contributed by atoms with Gasteiger partial charge in [0.25, 0.3) is 0 Å². The Morgan fingerprint density at radius 1 is 1.42 bits per heavy atom. The van der Waals surface area contributed by atoms with E-state index in [2.05, 4.69) is 10.3 Å². The van der Waals surface area contributed by atoms with Gasteiger partial charge in [0.15, 0.2) is 0 Å². The third-order valence-corrected chi connectivity index (χ3v) is 2.74. The van der Waals surface area contributed by atoms with Gasteiger partial charge in [-0.2, -0.15) is 0 Å². The van der Waals surface area contributed by atoms with Crippen LogP contribution in [0.15, 0.2) is 24.4 Å². The molecule has 5 nitrogen and oxygen atoms in total. The van der Waals surface area contributed by atoms with Crippen LogP contribution in [0.1, 0.15) is 12.5 Å². The van der Waals surface area contributed by atoms with Gasteiger partial charge in [-0.15, -0.1) is 0 Å². The molecule has 0 bridgehead atoms. The van der Waals surface area contributed by atoms with Crippen LogP contribution >= 0.6 is 0 Å². The van der Waals surface area contributed by atoms with Crippen molar-refractivity contribution in [3.8, 4) is 5.75 Å². The summed E-state index contributed by atoms with van der Waals surface area (Å²) in [5, 5.41) is 3.94. The van der Waals surface area contributed by atoms with Crippen molar-refractivity contribution in [2.24, 2.45) is 0 Å². The van der Waals surface area contributed by atoms with Gasteiger partial charge in [-0.25, -0.2) is 0 Å². The number of carbonyl (C=O) groups excluding carboxylic acids is 1. The zero-order chi connectivity index (χ0) is 12.3. The number of H-pyrrole nitrogens is 1. The fraction of sp³-hybridized carbons (Fsp3) is 0.308. The van der Waals surface area contributed by atoms with Gasteiger partial charge in [0.05, 0.1) is 7.11 Å². The molecule has 1 aromatic heterocycles. The van der Waals surface area contributed by atoms with Gasteiger partial charge in [0.1, 0.15) is 5.75 Å². The normalized spacial score (nSPS) is 9.37. The number of rotatable bonds is 4. The monoisotopic (exact) mass is 288 g/mol. The number of carbonyl (C=O) groups is 1. The molecule has 1 aromatic carbocycles. The van der Waals surface area contributed by atoms with E-state index in [1.807, 2.05) is 24.4 Å². The number of aromatic nitrogens is 1. The van der Waals surface area contributed by atoms with E-state index in [9.17, 15) is 4.79 Å². The first-order valence-electron chi connectivity index (χ1n) is 5.59. The van der Waals surface area contributed by atoms with Crippen LogP contribution in [0.2, 0.25) is 0 Å². The van der Waals surface area contributed by atoms with E-state index in [1.165, 1.54) is 12.5 Å². The molecule has 0 aliphatic heterocycles. The van der Waals surface area contributed by atoms with Crippen LogP contribution in [0.3, 0.4) is 0 Å². The van der Waals surface area contributed by atoms with Crippen LogP contribution in [0.5, 0.6) is 5.75 Å². The van der Waals surface area contributed by atoms with Gasteiger partial charge < -0.3 is 20.5 Å². The zero-order valence-electron chi connectivity index (χ0n) is 11.5. The maximum atomic E-state index is 10.8. The number of hydrogen-bond acceptors (Lipinski definition) is 3. The number of ether oxygens (including phenoxy) is 1. The Morgan fingerprint density at radius 3 is 2.79 bits per heavy atom. The number of benzene rings is 1. The maximum Gasteiger partial charge on any atom is 1.00 e.